The molecule has 3 N–H and O–H groups in total. The Morgan fingerprint density at radius 1 is 0.880 bits per heavy atom. The van der Waals surface area contributed by atoms with Gasteiger partial charge in [0.05, 0.1) is 17.4 Å². The highest BCUT2D eigenvalue weighted by Crippen LogP contribution is 2.39. The van der Waals surface area contributed by atoms with Crippen molar-refractivity contribution in [3.63, 3.8) is 0 Å². The van der Waals surface area contributed by atoms with Gasteiger partial charge in [-0.05, 0) is 29.8 Å². The number of carbonyl (C=O) groups is 1. The van der Waals surface area contributed by atoms with Crippen LogP contribution in [0.5, 0.6) is 0 Å². The van der Waals surface area contributed by atoms with E-state index >= 15 is 0 Å². The lowest BCUT2D eigenvalue weighted by Crippen LogP contribution is -2.45. The molecule has 6 heteroatoms. The predicted molar refractivity (Wildman–Crippen MR) is 91.8 cm³/mol. The van der Waals surface area contributed by atoms with Gasteiger partial charge in [0.15, 0.2) is 5.60 Å². The van der Waals surface area contributed by atoms with Crippen LogP contribution in [-0.4, -0.2) is 26.3 Å². The lowest BCUT2D eigenvalue weighted by molar-refractivity contribution is 0.0285. The fraction of sp³-hybridized carbons (Fsp3) is 0.105. The zero-order valence-corrected chi connectivity index (χ0v) is 13.3. The zero-order chi connectivity index (χ0) is 17.7. The quantitative estimate of drug-likeness (QED) is 0.666. The molecule has 0 saturated heterocycles. The van der Waals surface area contributed by atoms with Crippen molar-refractivity contribution in [1.29, 1.82) is 0 Å². The molecule has 0 bridgehead atoms. The number of aliphatic hydroxyl groups is 1. The third-order valence-corrected chi connectivity index (χ3v) is 3.93. The van der Waals surface area contributed by atoms with Gasteiger partial charge < -0.3 is 15.5 Å². The second-order valence-electron chi connectivity index (χ2n) is 5.49. The van der Waals surface area contributed by atoms with Crippen LogP contribution in [0.3, 0.4) is 0 Å². The molecule has 1 unspecified atom stereocenters. The topological polar surface area (TPSA) is 95.3 Å². The van der Waals surface area contributed by atoms with Crippen LogP contribution in [0.2, 0.25) is 0 Å². The Kier molecular flexibility index (Phi) is 4.72. The summed E-state index contributed by atoms with van der Waals surface area (Å²) in [7, 11) is 0. The summed E-state index contributed by atoms with van der Waals surface area (Å²) in [6.07, 6.45) is 1.84. The summed E-state index contributed by atoms with van der Waals surface area (Å²) >= 11 is 0. The fourth-order valence-corrected chi connectivity index (χ4v) is 2.80. The minimum atomic E-state index is -1.78. The molecule has 0 fully saturated rings. The number of hydrogen-bond donors (Lipinski definition) is 3. The Morgan fingerprint density at radius 3 is 1.84 bits per heavy atom. The predicted octanol–water partition coefficient (Wildman–Crippen LogP) is 2.72. The van der Waals surface area contributed by atoms with E-state index in [1.54, 1.807) is 73.1 Å². The largest absolute Gasteiger partial charge is 0.465 e. The molecule has 0 aliphatic heterocycles. The van der Waals surface area contributed by atoms with Gasteiger partial charge in [-0.15, -0.1) is 0 Å². The molecule has 0 aliphatic rings. The van der Waals surface area contributed by atoms with Crippen LogP contribution in [-0.2, 0) is 5.60 Å². The highest BCUT2D eigenvalue weighted by molar-refractivity contribution is 5.66. The van der Waals surface area contributed by atoms with Crippen molar-refractivity contribution in [2.24, 2.45) is 0 Å². The molecular weight excluding hydrogens is 318 g/mol. The highest BCUT2D eigenvalue weighted by atomic mass is 16.4. The van der Waals surface area contributed by atoms with Crippen molar-refractivity contribution in [3.05, 3.63) is 96.1 Å². The number of rotatable bonds is 5. The van der Waals surface area contributed by atoms with Gasteiger partial charge in [-0.25, -0.2) is 4.79 Å². The molecule has 0 radical (unpaired) electrons. The first-order chi connectivity index (χ1) is 12.1. The monoisotopic (exact) mass is 335 g/mol. The van der Waals surface area contributed by atoms with Crippen LogP contribution in [0.15, 0.2) is 79.1 Å². The van der Waals surface area contributed by atoms with Crippen molar-refractivity contribution >= 4 is 6.09 Å². The fourth-order valence-electron chi connectivity index (χ4n) is 2.80. The van der Waals surface area contributed by atoms with E-state index in [0.29, 0.717) is 17.0 Å². The Hall–Kier alpha value is -3.25. The molecule has 0 saturated carbocycles. The molecule has 1 atom stereocenters. The van der Waals surface area contributed by atoms with Crippen LogP contribution in [0.25, 0.3) is 0 Å². The summed E-state index contributed by atoms with van der Waals surface area (Å²) < 4.78 is 0. The first-order valence-corrected chi connectivity index (χ1v) is 7.72. The van der Waals surface area contributed by atoms with E-state index in [0.717, 1.165) is 0 Å². The van der Waals surface area contributed by atoms with Gasteiger partial charge in [0.2, 0.25) is 0 Å². The Morgan fingerprint density at radius 2 is 1.40 bits per heavy atom. The van der Waals surface area contributed by atoms with E-state index in [-0.39, 0.29) is 0 Å². The molecular formula is C19H17N3O3. The van der Waals surface area contributed by atoms with Gasteiger partial charge in [-0.2, -0.15) is 0 Å². The molecule has 3 aromatic rings. The molecule has 126 valence electrons. The maximum atomic E-state index is 11.7. The second-order valence-corrected chi connectivity index (χ2v) is 5.49. The van der Waals surface area contributed by atoms with Crippen molar-refractivity contribution in [2.75, 3.05) is 0 Å². The van der Waals surface area contributed by atoms with Gasteiger partial charge >= 0.3 is 6.09 Å². The van der Waals surface area contributed by atoms with E-state index in [1.807, 2.05) is 6.07 Å². The van der Waals surface area contributed by atoms with Gasteiger partial charge in [0.1, 0.15) is 0 Å². The number of hydrogen-bond acceptors (Lipinski definition) is 4. The summed E-state index contributed by atoms with van der Waals surface area (Å²) in [6, 6.07) is 18.1. The lowest BCUT2D eigenvalue weighted by atomic mass is 9.82. The van der Waals surface area contributed by atoms with Crippen LogP contribution >= 0.6 is 0 Å². The Labute approximate surface area is 144 Å². The molecule has 0 aliphatic carbocycles. The average Bonchev–Trinajstić information content (AvgIpc) is 2.67. The molecule has 0 spiro atoms. The number of pyridine rings is 2. The number of benzene rings is 1. The van der Waals surface area contributed by atoms with Crippen LogP contribution in [0.1, 0.15) is 23.0 Å². The van der Waals surface area contributed by atoms with E-state index in [1.165, 1.54) is 0 Å². The van der Waals surface area contributed by atoms with Gasteiger partial charge in [0, 0.05) is 12.4 Å². The molecule has 25 heavy (non-hydrogen) atoms. The number of nitrogens with one attached hydrogen (secondary N) is 1. The van der Waals surface area contributed by atoms with Crippen molar-refractivity contribution < 1.29 is 15.0 Å². The number of aromatic nitrogens is 2. The van der Waals surface area contributed by atoms with E-state index in [2.05, 4.69) is 15.3 Å². The summed E-state index contributed by atoms with van der Waals surface area (Å²) in [6.45, 7) is 0. The van der Waals surface area contributed by atoms with E-state index < -0.39 is 17.7 Å². The molecule has 2 heterocycles. The Bertz CT molecular complexity index is 787. The van der Waals surface area contributed by atoms with Crippen molar-refractivity contribution in [1.82, 2.24) is 15.3 Å². The SMILES string of the molecule is O=C(O)NC(c1ccccc1)C(O)(c1ccccn1)c1ccccn1. The third-order valence-electron chi connectivity index (χ3n) is 3.93. The standard InChI is InChI=1S/C19H17N3O3/c23-18(24)22-17(14-8-2-1-3-9-14)19(25,15-10-4-6-12-20-15)16-11-5-7-13-21-16/h1-13,17,22,25H,(H,23,24). The second kappa shape index (κ2) is 7.11. The molecule has 3 rings (SSSR count). The van der Waals surface area contributed by atoms with Crippen molar-refractivity contribution in [2.45, 2.75) is 11.6 Å². The molecule has 6 nitrogen and oxygen atoms in total. The molecule has 2 aromatic heterocycles. The number of amides is 1. The van der Waals surface area contributed by atoms with E-state index in [4.69, 9.17) is 0 Å². The maximum Gasteiger partial charge on any atom is 0.405 e. The first-order valence-electron chi connectivity index (χ1n) is 7.72. The normalized spacial score (nSPS) is 12.4. The Balaban J connectivity index is 2.22. The maximum absolute atomic E-state index is 11.7. The summed E-state index contributed by atoms with van der Waals surface area (Å²) in [5.41, 5.74) is -0.571. The zero-order valence-electron chi connectivity index (χ0n) is 13.3. The lowest BCUT2D eigenvalue weighted by Gasteiger charge is -2.35. The highest BCUT2D eigenvalue weighted by Gasteiger charge is 2.44. The molecule has 1 aromatic carbocycles. The third kappa shape index (κ3) is 3.34. The summed E-state index contributed by atoms with van der Waals surface area (Å²) in [5, 5.41) is 23.4. The first kappa shape index (κ1) is 16.6. The van der Waals surface area contributed by atoms with Gasteiger partial charge in [-0.1, -0.05) is 42.5 Å². The minimum Gasteiger partial charge on any atom is -0.465 e. The van der Waals surface area contributed by atoms with Crippen molar-refractivity contribution in [3.8, 4) is 0 Å². The van der Waals surface area contributed by atoms with Gasteiger partial charge in [0.25, 0.3) is 0 Å². The van der Waals surface area contributed by atoms with Crippen LogP contribution < -0.4 is 5.32 Å². The number of nitrogens with zero attached hydrogens (tertiary/aromatic N) is 2. The summed E-state index contributed by atoms with van der Waals surface area (Å²) in [4.78, 5) is 19.9. The average molecular weight is 335 g/mol. The van der Waals surface area contributed by atoms with Gasteiger partial charge in [-0.3, -0.25) is 9.97 Å². The van der Waals surface area contributed by atoms with E-state index in [9.17, 15) is 15.0 Å². The van der Waals surface area contributed by atoms with Crippen LogP contribution in [0, 0.1) is 0 Å². The minimum absolute atomic E-state index is 0.302. The van der Waals surface area contributed by atoms with Crippen LogP contribution in [0.4, 0.5) is 4.79 Å². The molecule has 1 amide bonds. The smallest absolute Gasteiger partial charge is 0.405 e. The summed E-state index contributed by atoms with van der Waals surface area (Å²) in [5.74, 6) is 0. The number of carboxylic acid groups (broad SMARTS) is 1.